The van der Waals surface area contributed by atoms with Crippen molar-refractivity contribution >= 4 is 22.3 Å². The fraction of sp³-hybridized carbons (Fsp3) is 0.300. The van der Waals surface area contributed by atoms with Crippen molar-refractivity contribution < 1.29 is 0 Å². The number of aryl methyl sites for hydroxylation is 1. The third-order valence-electron chi connectivity index (χ3n) is 4.64. The summed E-state index contributed by atoms with van der Waals surface area (Å²) in [4.78, 5) is 16.4. The van der Waals surface area contributed by atoms with Crippen LogP contribution >= 0.6 is 11.3 Å². The third-order valence-corrected chi connectivity index (χ3v) is 5.46. The van der Waals surface area contributed by atoms with Crippen molar-refractivity contribution in [2.75, 3.05) is 11.9 Å². The molecule has 136 valence electrons. The van der Waals surface area contributed by atoms with Crippen LogP contribution in [0, 0.1) is 18.3 Å². The lowest BCUT2D eigenvalue weighted by atomic mass is 10.1. The Labute approximate surface area is 162 Å². The summed E-state index contributed by atoms with van der Waals surface area (Å²) in [7, 11) is 0. The van der Waals surface area contributed by atoms with Crippen LogP contribution < -0.4 is 5.32 Å². The predicted octanol–water partition coefficient (Wildman–Crippen LogP) is 4.19. The van der Waals surface area contributed by atoms with Gasteiger partial charge < -0.3 is 5.32 Å². The Hall–Kier alpha value is -2.82. The smallest absolute Gasteiger partial charge is 0.189 e. The van der Waals surface area contributed by atoms with Crippen LogP contribution in [-0.4, -0.2) is 26.4 Å². The summed E-state index contributed by atoms with van der Waals surface area (Å²) >= 11 is 1.33. The van der Waals surface area contributed by atoms with Gasteiger partial charge in [-0.1, -0.05) is 23.5 Å². The molecule has 27 heavy (non-hydrogen) atoms. The SMILES string of the molecule is Cc1cncc(CN2CCCC2c2cccc(Nc3ncc(C#N)s3)n2)c1. The van der Waals surface area contributed by atoms with Crippen LogP contribution in [0.2, 0.25) is 0 Å². The van der Waals surface area contributed by atoms with E-state index in [1.807, 2.05) is 24.5 Å². The normalized spacial score (nSPS) is 17.0. The zero-order valence-electron chi connectivity index (χ0n) is 15.1. The molecule has 6 nitrogen and oxygen atoms in total. The largest absolute Gasteiger partial charge is 0.316 e. The molecule has 4 heterocycles. The van der Waals surface area contributed by atoms with Crippen LogP contribution in [0.15, 0.2) is 42.9 Å². The molecule has 1 N–H and O–H groups in total. The molecule has 0 spiro atoms. The van der Waals surface area contributed by atoms with Gasteiger partial charge in [-0.2, -0.15) is 5.26 Å². The van der Waals surface area contributed by atoms with Crippen LogP contribution in [0.5, 0.6) is 0 Å². The summed E-state index contributed by atoms with van der Waals surface area (Å²) in [6.45, 7) is 4.03. The van der Waals surface area contributed by atoms with Gasteiger partial charge in [0.15, 0.2) is 5.13 Å². The second-order valence-electron chi connectivity index (χ2n) is 6.71. The average Bonchev–Trinajstić information content (AvgIpc) is 3.31. The summed E-state index contributed by atoms with van der Waals surface area (Å²) in [5.41, 5.74) is 3.49. The lowest BCUT2D eigenvalue weighted by Crippen LogP contribution is -2.23. The second kappa shape index (κ2) is 7.82. The minimum atomic E-state index is 0.304. The first-order chi connectivity index (χ1) is 13.2. The van der Waals surface area contributed by atoms with Crippen LogP contribution in [0.4, 0.5) is 10.9 Å². The molecule has 1 saturated heterocycles. The fourth-order valence-electron chi connectivity index (χ4n) is 3.49. The molecule has 3 aromatic heterocycles. The van der Waals surface area contributed by atoms with Crippen LogP contribution in [0.3, 0.4) is 0 Å². The maximum atomic E-state index is 8.94. The van der Waals surface area contributed by atoms with E-state index in [0.29, 0.717) is 16.1 Å². The molecule has 1 fully saturated rings. The number of nitrogens with zero attached hydrogens (tertiary/aromatic N) is 5. The number of likely N-dealkylation sites (tertiary alicyclic amines) is 1. The van der Waals surface area contributed by atoms with Crippen LogP contribution in [0.1, 0.15) is 40.6 Å². The van der Waals surface area contributed by atoms with Crippen molar-refractivity contribution in [3.05, 3.63) is 64.6 Å². The molecule has 1 aliphatic heterocycles. The maximum absolute atomic E-state index is 8.94. The Morgan fingerprint density at radius 2 is 2.26 bits per heavy atom. The van der Waals surface area contributed by atoms with Gasteiger partial charge in [0.05, 0.1) is 17.9 Å². The van der Waals surface area contributed by atoms with Crippen LogP contribution in [0.25, 0.3) is 0 Å². The van der Waals surface area contributed by atoms with Gasteiger partial charge in [0.2, 0.25) is 0 Å². The van der Waals surface area contributed by atoms with Crippen molar-refractivity contribution in [1.82, 2.24) is 19.9 Å². The monoisotopic (exact) mass is 376 g/mol. The molecule has 7 heteroatoms. The maximum Gasteiger partial charge on any atom is 0.189 e. The van der Waals surface area contributed by atoms with Crippen molar-refractivity contribution in [2.45, 2.75) is 32.4 Å². The number of aromatic nitrogens is 3. The minimum absolute atomic E-state index is 0.304. The first-order valence-electron chi connectivity index (χ1n) is 8.96. The number of hydrogen-bond acceptors (Lipinski definition) is 7. The van der Waals surface area contributed by atoms with E-state index in [1.54, 1.807) is 6.20 Å². The highest BCUT2D eigenvalue weighted by atomic mass is 32.1. The van der Waals surface area contributed by atoms with Gasteiger partial charge in [0, 0.05) is 18.9 Å². The third kappa shape index (κ3) is 4.13. The second-order valence-corrected chi connectivity index (χ2v) is 7.74. The number of hydrogen-bond donors (Lipinski definition) is 1. The minimum Gasteiger partial charge on any atom is -0.316 e. The van der Waals surface area contributed by atoms with E-state index in [-0.39, 0.29) is 0 Å². The Balaban J connectivity index is 1.51. The molecule has 1 aliphatic rings. The van der Waals surface area contributed by atoms with E-state index in [4.69, 9.17) is 10.2 Å². The number of nitriles is 1. The average molecular weight is 376 g/mol. The lowest BCUT2D eigenvalue weighted by Gasteiger charge is -2.24. The molecule has 4 rings (SSSR count). The van der Waals surface area contributed by atoms with Gasteiger partial charge in [-0.3, -0.25) is 9.88 Å². The predicted molar refractivity (Wildman–Crippen MR) is 106 cm³/mol. The summed E-state index contributed by atoms with van der Waals surface area (Å²) in [6, 6.07) is 10.6. The molecule has 0 amide bonds. The quantitative estimate of drug-likeness (QED) is 0.719. The Bertz CT molecular complexity index is 976. The lowest BCUT2D eigenvalue weighted by molar-refractivity contribution is 0.244. The van der Waals surface area contributed by atoms with Gasteiger partial charge in [0.1, 0.15) is 16.8 Å². The standard InChI is InChI=1S/C20H20N6S/c1-14-8-15(11-22-10-14)13-26-7-3-5-18(26)17-4-2-6-19(24-17)25-20-23-12-16(9-21)27-20/h2,4,6,8,10-12,18H,3,5,7,13H2,1H3,(H,23,24,25). The van der Waals surface area contributed by atoms with E-state index >= 15 is 0 Å². The van der Waals surface area contributed by atoms with Gasteiger partial charge in [0.25, 0.3) is 0 Å². The van der Waals surface area contributed by atoms with Crippen molar-refractivity contribution in [3.8, 4) is 6.07 Å². The molecule has 0 aliphatic carbocycles. The highest BCUT2D eigenvalue weighted by molar-refractivity contribution is 7.16. The van der Waals surface area contributed by atoms with Crippen molar-refractivity contribution in [2.24, 2.45) is 0 Å². The summed E-state index contributed by atoms with van der Waals surface area (Å²) < 4.78 is 0. The molecular formula is C20H20N6S. The van der Waals surface area contributed by atoms with Gasteiger partial charge in [-0.05, 0) is 49.6 Å². The highest BCUT2D eigenvalue weighted by Gasteiger charge is 2.27. The van der Waals surface area contributed by atoms with Gasteiger partial charge in [-0.25, -0.2) is 9.97 Å². The zero-order valence-corrected chi connectivity index (χ0v) is 15.9. The molecule has 1 atom stereocenters. The first-order valence-corrected chi connectivity index (χ1v) is 9.77. The van der Waals surface area contributed by atoms with E-state index in [1.165, 1.54) is 28.9 Å². The van der Waals surface area contributed by atoms with Crippen molar-refractivity contribution in [3.63, 3.8) is 0 Å². The Morgan fingerprint density at radius 1 is 1.33 bits per heavy atom. The van der Waals surface area contributed by atoms with Gasteiger partial charge >= 0.3 is 0 Å². The highest BCUT2D eigenvalue weighted by Crippen LogP contribution is 2.33. The van der Waals surface area contributed by atoms with E-state index in [2.05, 4.69) is 45.3 Å². The number of anilines is 2. The number of pyridine rings is 2. The first kappa shape index (κ1) is 17.6. The summed E-state index contributed by atoms with van der Waals surface area (Å²) in [5.74, 6) is 0.760. The molecule has 0 saturated carbocycles. The van der Waals surface area contributed by atoms with E-state index < -0.39 is 0 Å². The van der Waals surface area contributed by atoms with E-state index in [9.17, 15) is 0 Å². The zero-order chi connectivity index (χ0) is 18.6. The molecule has 0 radical (unpaired) electrons. The molecular weight excluding hydrogens is 356 g/mol. The summed E-state index contributed by atoms with van der Waals surface area (Å²) in [5, 5.41) is 12.8. The molecule has 3 aromatic rings. The van der Waals surface area contributed by atoms with Crippen molar-refractivity contribution in [1.29, 1.82) is 5.26 Å². The number of thiazole rings is 1. The Kier molecular flexibility index (Phi) is 5.10. The topological polar surface area (TPSA) is 77.7 Å². The molecule has 0 bridgehead atoms. The number of nitrogens with one attached hydrogen (secondary N) is 1. The van der Waals surface area contributed by atoms with Crippen LogP contribution in [-0.2, 0) is 6.54 Å². The Morgan fingerprint density at radius 3 is 3.07 bits per heavy atom. The molecule has 1 unspecified atom stereocenters. The molecule has 0 aromatic carbocycles. The fourth-order valence-corrected chi connectivity index (χ4v) is 4.11. The number of rotatable bonds is 5. The van der Waals surface area contributed by atoms with Gasteiger partial charge in [-0.15, -0.1) is 0 Å². The summed E-state index contributed by atoms with van der Waals surface area (Å²) in [6.07, 6.45) is 7.68. The van der Waals surface area contributed by atoms with E-state index in [0.717, 1.165) is 31.0 Å².